The Labute approximate surface area is 108 Å². The lowest BCUT2D eigenvalue weighted by Crippen LogP contribution is -2.44. The Hall–Kier alpha value is -0.0800. The zero-order chi connectivity index (χ0) is 12.5. The summed E-state index contributed by atoms with van der Waals surface area (Å²) in [6.07, 6.45) is 9.49. The van der Waals surface area contributed by atoms with E-state index in [-0.39, 0.29) is 0 Å². The van der Waals surface area contributed by atoms with Crippen molar-refractivity contribution < 1.29 is 0 Å². The molecule has 1 saturated carbocycles. The normalized spacial score (nSPS) is 17.6. The van der Waals surface area contributed by atoms with Gasteiger partial charge in [-0.3, -0.25) is 4.90 Å². The van der Waals surface area contributed by atoms with Gasteiger partial charge in [0.05, 0.1) is 0 Å². The molecule has 2 nitrogen and oxygen atoms in total. The third-order valence-corrected chi connectivity index (χ3v) is 3.68. The van der Waals surface area contributed by atoms with Crippen LogP contribution in [0.3, 0.4) is 0 Å². The molecule has 1 N–H and O–H groups in total. The van der Waals surface area contributed by atoms with Gasteiger partial charge in [0.2, 0.25) is 0 Å². The van der Waals surface area contributed by atoms with E-state index in [1.54, 1.807) is 0 Å². The number of hydrogen-bond acceptors (Lipinski definition) is 2. The van der Waals surface area contributed by atoms with Gasteiger partial charge in [0.25, 0.3) is 0 Å². The summed E-state index contributed by atoms with van der Waals surface area (Å²) >= 11 is 0. The van der Waals surface area contributed by atoms with Crippen LogP contribution in [0.15, 0.2) is 0 Å². The van der Waals surface area contributed by atoms with Crippen molar-refractivity contribution in [3.63, 3.8) is 0 Å². The predicted molar refractivity (Wildman–Crippen MR) is 76.5 cm³/mol. The standard InChI is InChI=1S/C15H32N2/c1-4-7-12-17(14-9-10-14)15(8-5-2)13-16-11-6-3/h14-16H,4-13H2,1-3H3. The fourth-order valence-electron chi connectivity index (χ4n) is 2.57. The van der Waals surface area contributed by atoms with Gasteiger partial charge in [-0.15, -0.1) is 0 Å². The lowest BCUT2D eigenvalue weighted by molar-refractivity contribution is 0.169. The summed E-state index contributed by atoms with van der Waals surface area (Å²) in [5.41, 5.74) is 0. The topological polar surface area (TPSA) is 15.3 Å². The molecule has 1 rings (SSSR count). The SMILES string of the molecule is CCCCN(C1CC1)C(CCC)CNCCC. The quantitative estimate of drug-likeness (QED) is 0.557. The third-order valence-electron chi connectivity index (χ3n) is 3.68. The van der Waals surface area contributed by atoms with Crippen molar-refractivity contribution in [3.8, 4) is 0 Å². The van der Waals surface area contributed by atoms with Crippen molar-refractivity contribution in [3.05, 3.63) is 0 Å². The summed E-state index contributed by atoms with van der Waals surface area (Å²) in [4.78, 5) is 2.80. The van der Waals surface area contributed by atoms with E-state index in [2.05, 4.69) is 31.0 Å². The molecule has 0 aliphatic heterocycles. The summed E-state index contributed by atoms with van der Waals surface area (Å²) < 4.78 is 0. The van der Waals surface area contributed by atoms with Gasteiger partial charge in [-0.05, 0) is 45.2 Å². The molecule has 1 aliphatic carbocycles. The largest absolute Gasteiger partial charge is 0.315 e. The zero-order valence-electron chi connectivity index (χ0n) is 12.2. The van der Waals surface area contributed by atoms with Crippen LogP contribution < -0.4 is 5.32 Å². The average Bonchev–Trinajstić information content (AvgIpc) is 3.14. The number of unbranched alkanes of at least 4 members (excludes halogenated alkanes) is 1. The maximum atomic E-state index is 3.62. The average molecular weight is 240 g/mol. The van der Waals surface area contributed by atoms with E-state index >= 15 is 0 Å². The number of hydrogen-bond donors (Lipinski definition) is 1. The molecule has 0 bridgehead atoms. The van der Waals surface area contributed by atoms with Crippen molar-refractivity contribution in [2.45, 2.75) is 77.8 Å². The number of rotatable bonds is 11. The molecular weight excluding hydrogens is 208 g/mol. The molecule has 1 unspecified atom stereocenters. The molecule has 1 fully saturated rings. The second kappa shape index (κ2) is 8.93. The lowest BCUT2D eigenvalue weighted by atomic mass is 10.1. The van der Waals surface area contributed by atoms with Crippen LogP contribution in [-0.4, -0.2) is 36.6 Å². The molecule has 1 aliphatic rings. The molecule has 0 radical (unpaired) electrons. The lowest BCUT2D eigenvalue weighted by Gasteiger charge is -2.32. The molecule has 0 aromatic rings. The van der Waals surface area contributed by atoms with Gasteiger partial charge in [0.15, 0.2) is 0 Å². The van der Waals surface area contributed by atoms with E-state index in [9.17, 15) is 0 Å². The van der Waals surface area contributed by atoms with Crippen molar-refractivity contribution in [2.75, 3.05) is 19.6 Å². The first-order valence-corrected chi connectivity index (χ1v) is 7.79. The molecule has 0 aromatic heterocycles. The van der Waals surface area contributed by atoms with Crippen molar-refractivity contribution in [1.82, 2.24) is 10.2 Å². The van der Waals surface area contributed by atoms with Crippen LogP contribution in [0.25, 0.3) is 0 Å². The van der Waals surface area contributed by atoms with Gasteiger partial charge in [0, 0.05) is 18.6 Å². The first-order chi connectivity index (χ1) is 8.33. The minimum absolute atomic E-state index is 0.783. The van der Waals surface area contributed by atoms with Crippen LogP contribution in [0.2, 0.25) is 0 Å². The van der Waals surface area contributed by atoms with Crippen LogP contribution in [0.4, 0.5) is 0 Å². The summed E-state index contributed by atoms with van der Waals surface area (Å²) in [6, 6.07) is 1.70. The van der Waals surface area contributed by atoms with Crippen LogP contribution in [0.1, 0.15) is 65.7 Å². The Morgan fingerprint density at radius 1 is 1.12 bits per heavy atom. The zero-order valence-corrected chi connectivity index (χ0v) is 12.2. The minimum atomic E-state index is 0.783. The highest BCUT2D eigenvalue weighted by Gasteiger charge is 2.32. The summed E-state index contributed by atoms with van der Waals surface area (Å²) in [7, 11) is 0. The van der Waals surface area contributed by atoms with Gasteiger partial charge in [-0.1, -0.05) is 33.6 Å². The Morgan fingerprint density at radius 3 is 2.41 bits per heavy atom. The Kier molecular flexibility index (Phi) is 7.87. The fourth-order valence-corrected chi connectivity index (χ4v) is 2.57. The molecule has 0 spiro atoms. The van der Waals surface area contributed by atoms with Crippen LogP contribution in [0, 0.1) is 0 Å². The van der Waals surface area contributed by atoms with Gasteiger partial charge in [-0.25, -0.2) is 0 Å². The molecule has 0 aromatic carbocycles. The van der Waals surface area contributed by atoms with E-state index in [4.69, 9.17) is 0 Å². The molecule has 0 amide bonds. The Bertz CT molecular complexity index is 178. The van der Waals surface area contributed by atoms with Crippen molar-refractivity contribution >= 4 is 0 Å². The van der Waals surface area contributed by atoms with E-state index in [1.165, 1.54) is 64.6 Å². The smallest absolute Gasteiger partial charge is 0.0223 e. The summed E-state index contributed by atoms with van der Waals surface area (Å²) in [5.74, 6) is 0. The number of nitrogens with zero attached hydrogens (tertiary/aromatic N) is 1. The van der Waals surface area contributed by atoms with Crippen molar-refractivity contribution in [1.29, 1.82) is 0 Å². The highest BCUT2D eigenvalue weighted by molar-refractivity contribution is 4.89. The van der Waals surface area contributed by atoms with Crippen molar-refractivity contribution in [2.24, 2.45) is 0 Å². The monoisotopic (exact) mass is 240 g/mol. The van der Waals surface area contributed by atoms with E-state index in [0.29, 0.717) is 0 Å². The van der Waals surface area contributed by atoms with E-state index in [1.807, 2.05) is 0 Å². The van der Waals surface area contributed by atoms with Gasteiger partial charge >= 0.3 is 0 Å². The second-order valence-corrected chi connectivity index (χ2v) is 5.47. The fraction of sp³-hybridized carbons (Fsp3) is 1.00. The summed E-state index contributed by atoms with van der Waals surface area (Å²) in [5, 5.41) is 3.62. The van der Waals surface area contributed by atoms with Crippen LogP contribution in [0.5, 0.6) is 0 Å². The summed E-state index contributed by atoms with van der Waals surface area (Å²) in [6.45, 7) is 10.6. The molecule has 0 saturated heterocycles. The molecule has 17 heavy (non-hydrogen) atoms. The number of nitrogens with one attached hydrogen (secondary N) is 1. The van der Waals surface area contributed by atoms with E-state index < -0.39 is 0 Å². The molecule has 2 heteroatoms. The maximum absolute atomic E-state index is 3.62. The first kappa shape index (κ1) is 15.0. The van der Waals surface area contributed by atoms with Crippen LogP contribution in [-0.2, 0) is 0 Å². The first-order valence-electron chi connectivity index (χ1n) is 7.79. The molecule has 1 atom stereocenters. The predicted octanol–water partition coefficient (Wildman–Crippen LogP) is 3.42. The van der Waals surface area contributed by atoms with Crippen LogP contribution >= 0.6 is 0 Å². The highest BCUT2D eigenvalue weighted by Crippen LogP contribution is 2.30. The Morgan fingerprint density at radius 2 is 1.88 bits per heavy atom. The van der Waals surface area contributed by atoms with Gasteiger partial charge < -0.3 is 5.32 Å². The second-order valence-electron chi connectivity index (χ2n) is 5.47. The molecular formula is C15H32N2. The third kappa shape index (κ3) is 5.87. The van der Waals surface area contributed by atoms with Gasteiger partial charge in [-0.2, -0.15) is 0 Å². The maximum Gasteiger partial charge on any atom is 0.0223 e. The van der Waals surface area contributed by atoms with Gasteiger partial charge in [0.1, 0.15) is 0 Å². The van der Waals surface area contributed by atoms with E-state index in [0.717, 1.165) is 12.1 Å². The highest BCUT2D eigenvalue weighted by atomic mass is 15.2. The minimum Gasteiger partial charge on any atom is -0.315 e. The molecule has 102 valence electrons. The Balaban J connectivity index is 2.38. The molecule has 0 heterocycles.